The molecule has 1 aromatic rings. The fourth-order valence-corrected chi connectivity index (χ4v) is 0.735. The Morgan fingerprint density at radius 1 is 1.50 bits per heavy atom. The summed E-state index contributed by atoms with van der Waals surface area (Å²) in [7, 11) is 1.72. The van der Waals surface area contributed by atoms with E-state index in [2.05, 4.69) is 9.97 Å². The van der Waals surface area contributed by atoms with Gasteiger partial charge in [0.25, 0.3) is 0 Å². The average molecular weight is 165 g/mol. The summed E-state index contributed by atoms with van der Waals surface area (Å²) in [5, 5.41) is 0. The number of carbonyl (C=O) groups is 1. The van der Waals surface area contributed by atoms with Crippen LogP contribution in [-0.4, -0.2) is 27.8 Å². The number of hydrogen-bond acceptors (Lipinski definition) is 3. The minimum atomic E-state index is 0.0162. The summed E-state index contributed by atoms with van der Waals surface area (Å²) in [4.78, 5) is 20.4. The highest BCUT2D eigenvalue weighted by Gasteiger charge is 2.03. The summed E-state index contributed by atoms with van der Waals surface area (Å²) in [5.41, 5.74) is 0. The molecule has 1 heterocycles. The van der Waals surface area contributed by atoms with Crippen LogP contribution in [0.4, 0.5) is 0 Å². The zero-order valence-electron chi connectivity index (χ0n) is 7.19. The SMILES string of the molecule is CC(=O)N(C)Cc1ncccn1. The van der Waals surface area contributed by atoms with Gasteiger partial charge in [0.15, 0.2) is 0 Å². The summed E-state index contributed by atoms with van der Waals surface area (Å²) in [6.45, 7) is 1.99. The van der Waals surface area contributed by atoms with Gasteiger partial charge in [-0.25, -0.2) is 9.97 Å². The standard InChI is InChI=1S/C8H11N3O/c1-7(12)11(2)6-8-9-4-3-5-10-8/h3-5H,6H2,1-2H3. The first-order chi connectivity index (χ1) is 5.70. The molecule has 4 nitrogen and oxygen atoms in total. The minimum Gasteiger partial charge on any atom is -0.338 e. The first-order valence-corrected chi connectivity index (χ1v) is 3.68. The zero-order chi connectivity index (χ0) is 8.97. The van der Waals surface area contributed by atoms with Gasteiger partial charge in [0, 0.05) is 26.4 Å². The maximum atomic E-state index is 10.8. The first kappa shape index (κ1) is 8.64. The Hall–Kier alpha value is -1.45. The number of carbonyl (C=O) groups excluding carboxylic acids is 1. The van der Waals surface area contributed by atoms with E-state index in [0.29, 0.717) is 12.4 Å². The van der Waals surface area contributed by atoms with Crippen LogP contribution in [0.25, 0.3) is 0 Å². The van der Waals surface area contributed by atoms with Gasteiger partial charge >= 0.3 is 0 Å². The normalized spacial score (nSPS) is 9.50. The molecular weight excluding hydrogens is 154 g/mol. The molecule has 0 bridgehead atoms. The van der Waals surface area contributed by atoms with Crippen LogP contribution in [-0.2, 0) is 11.3 Å². The van der Waals surface area contributed by atoms with Crippen molar-refractivity contribution in [1.29, 1.82) is 0 Å². The van der Waals surface area contributed by atoms with Gasteiger partial charge in [-0.1, -0.05) is 0 Å². The van der Waals surface area contributed by atoms with Crippen LogP contribution in [0, 0.1) is 0 Å². The van der Waals surface area contributed by atoms with Crippen molar-refractivity contribution < 1.29 is 4.79 Å². The van der Waals surface area contributed by atoms with Gasteiger partial charge in [-0.3, -0.25) is 4.79 Å². The van der Waals surface area contributed by atoms with E-state index in [1.54, 1.807) is 30.4 Å². The van der Waals surface area contributed by atoms with Crippen molar-refractivity contribution in [3.63, 3.8) is 0 Å². The number of rotatable bonds is 2. The van der Waals surface area contributed by atoms with Crippen molar-refractivity contribution in [2.45, 2.75) is 13.5 Å². The second-order valence-corrected chi connectivity index (χ2v) is 2.54. The van der Waals surface area contributed by atoms with Crippen LogP contribution >= 0.6 is 0 Å². The molecule has 0 aliphatic heterocycles. The lowest BCUT2D eigenvalue weighted by Crippen LogP contribution is -2.24. The smallest absolute Gasteiger partial charge is 0.219 e. The quantitative estimate of drug-likeness (QED) is 0.639. The van der Waals surface area contributed by atoms with Gasteiger partial charge in [0.2, 0.25) is 5.91 Å². The Morgan fingerprint density at radius 3 is 2.58 bits per heavy atom. The number of hydrogen-bond donors (Lipinski definition) is 0. The molecule has 0 fully saturated rings. The molecule has 0 saturated heterocycles. The van der Waals surface area contributed by atoms with E-state index in [4.69, 9.17) is 0 Å². The topological polar surface area (TPSA) is 46.1 Å². The Morgan fingerprint density at radius 2 is 2.08 bits per heavy atom. The van der Waals surface area contributed by atoms with Crippen molar-refractivity contribution in [2.75, 3.05) is 7.05 Å². The minimum absolute atomic E-state index is 0.0162. The van der Waals surface area contributed by atoms with Crippen LogP contribution in [0.5, 0.6) is 0 Å². The second-order valence-electron chi connectivity index (χ2n) is 2.54. The van der Waals surface area contributed by atoms with Crippen LogP contribution in [0.1, 0.15) is 12.7 Å². The molecule has 0 atom stereocenters. The van der Waals surface area contributed by atoms with Gasteiger partial charge in [0.1, 0.15) is 5.82 Å². The molecule has 0 spiro atoms. The fourth-order valence-electron chi connectivity index (χ4n) is 0.735. The van der Waals surface area contributed by atoms with Crippen molar-refractivity contribution in [1.82, 2.24) is 14.9 Å². The summed E-state index contributed by atoms with van der Waals surface area (Å²) >= 11 is 0. The van der Waals surface area contributed by atoms with Crippen molar-refractivity contribution in [2.24, 2.45) is 0 Å². The molecule has 1 amide bonds. The largest absolute Gasteiger partial charge is 0.338 e. The Labute approximate surface area is 71.3 Å². The third-order valence-corrected chi connectivity index (χ3v) is 1.54. The average Bonchev–Trinajstić information content (AvgIpc) is 2.06. The predicted octanol–water partition coefficient (Wildman–Crippen LogP) is 0.455. The van der Waals surface area contributed by atoms with Crippen LogP contribution in [0.2, 0.25) is 0 Å². The fraction of sp³-hybridized carbons (Fsp3) is 0.375. The summed E-state index contributed by atoms with van der Waals surface area (Å²) in [6, 6.07) is 1.75. The highest BCUT2D eigenvalue weighted by Crippen LogP contribution is 1.94. The van der Waals surface area contributed by atoms with E-state index >= 15 is 0 Å². The molecule has 4 heteroatoms. The van der Waals surface area contributed by atoms with Crippen LogP contribution in [0.15, 0.2) is 18.5 Å². The lowest BCUT2D eigenvalue weighted by molar-refractivity contribution is -0.128. The Bertz CT molecular complexity index is 260. The molecule has 1 aromatic heterocycles. The third kappa shape index (κ3) is 2.30. The molecule has 0 N–H and O–H groups in total. The van der Waals surface area contributed by atoms with Gasteiger partial charge in [0.05, 0.1) is 6.54 Å². The highest BCUT2D eigenvalue weighted by atomic mass is 16.2. The Kier molecular flexibility index (Phi) is 2.74. The third-order valence-electron chi connectivity index (χ3n) is 1.54. The summed E-state index contributed by atoms with van der Waals surface area (Å²) in [5.74, 6) is 0.678. The molecule has 1 rings (SSSR count). The second kappa shape index (κ2) is 3.80. The summed E-state index contributed by atoms with van der Waals surface area (Å²) < 4.78 is 0. The molecule has 0 saturated carbocycles. The van der Waals surface area contributed by atoms with Crippen molar-refractivity contribution >= 4 is 5.91 Å². The predicted molar refractivity (Wildman–Crippen MR) is 44.2 cm³/mol. The molecule has 64 valence electrons. The van der Waals surface area contributed by atoms with E-state index in [1.807, 2.05) is 0 Å². The molecule has 0 aliphatic carbocycles. The van der Waals surface area contributed by atoms with E-state index in [0.717, 1.165) is 0 Å². The molecular formula is C8H11N3O. The van der Waals surface area contributed by atoms with Gasteiger partial charge in [-0.2, -0.15) is 0 Å². The highest BCUT2D eigenvalue weighted by molar-refractivity contribution is 5.72. The van der Waals surface area contributed by atoms with Gasteiger partial charge in [-0.15, -0.1) is 0 Å². The maximum Gasteiger partial charge on any atom is 0.219 e. The molecule has 0 unspecified atom stereocenters. The zero-order valence-corrected chi connectivity index (χ0v) is 7.19. The first-order valence-electron chi connectivity index (χ1n) is 3.68. The van der Waals surface area contributed by atoms with Gasteiger partial charge < -0.3 is 4.90 Å². The number of nitrogens with zero attached hydrogens (tertiary/aromatic N) is 3. The van der Waals surface area contributed by atoms with E-state index in [9.17, 15) is 4.79 Å². The lowest BCUT2D eigenvalue weighted by atomic mass is 10.5. The van der Waals surface area contributed by atoms with Crippen LogP contribution < -0.4 is 0 Å². The van der Waals surface area contributed by atoms with E-state index in [1.165, 1.54) is 6.92 Å². The molecule has 12 heavy (non-hydrogen) atoms. The van der Waals surface area contributed by atoms with Crippen molar-refractivity contribution in [3.05, 3.63) is 24.3 Å². The molecule has 0 radical (unpaired) electrons. The van der Waals surface area contributed by atoms with Crippen LogP contribution in [0.3, 0.4) is 0 Å². The molecule has 0 aliphatic rings. The Balaban J connectivity index is 2.58. The van der Waals surface area contributed by atoms with Crippen molar-refractivity contribution in [3.8, 4) is 0 Å². The van der Waals surface area contributed by atoms with E-state index in [-0.39, 0.29) is 5.91 Å². The monoisotopic (exact) mass is 165 g/mol. The maximum absolute atomic E-state index is 10.8. The number of aromatic nitrogens is 2. The lowest BCUT2D eigenvalue weighted by Gasteiger charge is -2.12. The molecule has 0 aromatic carbocycles. The van der Waals surface area contributed by atoms with Gasteiger partial charge in [-0.05, 0) is 6.07 Å². The number of amides is 1. The van der Waals surface area contributed by atoms with E-state index < -0.39 is 0 Å². The summed E-state index contributed by atoms with van der Waals surface area (Å²) in [6.07, 6.45) is 3.33.